The molecule has 2 rings (SSSR count). The van der Waals surface area contributed by atoms with Gasteiger partial charge in [0.1, 0.15) is 0 Å². The molecule has 1 aromatic carbocycles. The highest BCUT2D eigenvalue weighted by atomic mass is 16.2. The van der Waals surface area contributed by atoms with Crippen LogP contribution in [0.3, 0.4) is 0 Å². The van der Waals surface area contributed by atoms with Gasteiger partial charge in [-0.3, -0.25) is 9.59 Å². The third-order valence-corrected chi connectivity index (χ3v) is 4.09. The Balaban J connectivity index is 1.66. The van der Waals surface area contributed by atoms with Gasteiger partial charge in [-0.2, -0.15) is 0 Å². The van der Waals surface area contributed by atoms with Crippen LogP contribution in [0.4, 0.5) is 0 Å². The Morgan fingerprint density at radius 3 is 2.52 bits per heavy atom. The summed E-state index contributed by atoms with van der Waals surface area (Å²) in [6.45, 7) is 4.17. The lowest BCUT2D eigenvalue weighted by Gasteiger charge is -2.10. The molecule has 1 fully saturated rings. The molecule has 2 N–H and O–H groups in total. The van der Waals surface area contributed by atoms with Gasteiger partial charge in [0.15, 0.2) is 0 Å². The molecule has 2 unspecified atom stereocenters. The van der Waals surface area contributed by atoms with E-state index in [1.807, 2.05) is 39.2 Å². The Kier molecular flexibility index (Phi) is 6.16. The van der Waals surface area contributed by atoms with Crippen LogP contribution >= 0.6 is 0 Å². The van der Waals surface area contributed by atoms with Gasteiger partial charge in [0.2, 0.25) is 11.8 Å². The van der Waals surface area contributed by atoms with Crippen LogP contribution in [0.2, 0.25) is 0 Å². The minimum atomic E-state index is -0.159. The number of aryl methyl sites for hydroxylation is 1. The molecule has 0 radical (unpaired) electrons. The van der Waals surface area contributed by atoms with E-state index in [0.29, 0.717) is 19.5 Å². The minimum Gasteiger partial charge on any atom is -0.356 e. The summed E-state index contributed by atoms with van der Waals surface area (Å²) in [5.41, 5.74) is 2.27. The van der Waals surface area contributed by atoms with Gasteiger partial charge in [-0.15, -0.1) is 0 Å². The molecule has 2 atom stereocenters. The average molecular weight is 317 g/mol. The van der Waals surface area contributed by atoms with Gasteiger partial charge in [-0.1, -0.05) is 29.8 Å². The van der Waals surface area contributed by atoms with E-state index in [9.17, 15) is 9.59 Å². The fraction of sp³-hybridized carbons (Fsp3) is 0.556. The first-order chi connectivity index (χ1) is 11.0. The maximum absolute atomic E-state index is 12.1. The standard InChI is InChI=1S/C18H27N3O2/c1-13-6-4-7-14(10-13)12-20-18(23)16-11-15(16)17(22)19-8-5-9-21(2)3/h4,6-7,10,15-16H,5,8-9,11-12H2,1-3H3,(H,19,22)(H,20,23). The van der Waals surface area contributed by atoms with Crippen molar-refractivity contribution in [3.63, 3.8) is 0 Å². The van der Waals surface area contributed by atoms with Crippen molar-refractivity contribution in [2.24, 2.45) is 11.8 Å². The summed E-state index contributed by atoms with van der Waals surface area (Å²) < 4.78 is 0. The maximum atomic E-state index is 12.1. The molecule has 1 saturated carbocycles. The Hall–Kier alpha value is -1.88. The lowest BCUT2D eigenvalue weighted by Crippen LogP contribution is -2.31. The number of nitrogens with zero attached hydrogens (tertiary/aromatic N) is 1. The predicted octanol–water partition coefficient (Wildman–Crippen LogP) is 1.32. The number of hydrogen-bond donors (Lipinski definition) is 2. The van der Waals surface area contributed by atoms with E-state index >= 15 is 0 Å². The van der Waals surface area contributed by atoms with Gasteiger partial charge < -0.3 is 15.5 Å². The zero-order chi connectivity index (χ0) is 16.8. The zero-order valence-corrected chi connectivity index (χ0v) is 14.3. The second-order valence-corrected chi connectivity index (χ2v) is 6.60. The van der Waals surface area contributed by atoms with Gasteiger partial charge in [-0.25, -0.2) is 0 Å². The van der Waals surface area contributed by atoms with Crippen molar-refractivity contribution in [1.29, 1.82) is 0 Å². The van der Waals surface area contributed by atoms with Crippen LogP contribution in [0.25, 0.3) is 0 Å². The van der Waals surface area contributed by atoms with Crippen LogP contribution in [-0.4, -0.2) is 43.9 Å². The highest BCUT2D eigenvalue weighted by Crippen LogP contribution is 2.38. The fourth-order valence-electron chi connectivity index (χ4n) is 2.65. The van der Waals surface area contributed by atoms with Gasteiger partial charge in [-0.05, 0) is 46.0 Å². The van der Waals surface area contributed by atoms with Crippen LogP contribution in [0.1, 0.15) is 24.0 Å². The summed E-state index contributed by atoms with van der Waals surface area (Å²) in [6.07, 6.45) is 1.59. The molecule has 0 aromatic heterocycles. The molecule has 2 amide bonds. The number of benzene rings is 1. The number of nitrogens with one attached hydrogen (secondary N) is 2. The van der Waals surface area contributed by atoms with Crippen molar-refractivity contribution in [3.8, 4) is 0 Å². The molecule has 0 bridgehead atoms. The zero-order valence-electron chi connectivity index (χ0n) is 14.3. The van der Waals surface area contributed by atoms with Crippen molar-refractivity contribution in [2.75, 3.05) is 27.2 Å². The highest BCUT2D eigenvalue weighted by molar-refractivity contribution is 5.92. The topological polar surface area (TPSA) is 61.4 Å². The molecule has 1 aliphatic rings. The fourth-order valence-corrected chi connectivity index (χ4v) is 2.65. The van der Waals surface area contributed by atoms with Crippen molar-refractivity contribution < 1.29 is 9.59 Å². The minimum absolute atomic E-state index is 0.0134. The third-order valence-electron chi connectivity index (χ3n) is 4.09. The van der Waals surface area contributed by atoms with Crippen molar-refractivity contribution >= 4 is 11.8 Å². The van der Waals surface area contributed by atoms with Crippen LogP contribution in [0, 0.1) is 18.8 Å². The van der Waals surface area contributed by atoms with E-state index in [1.165, 1.54) is 5.56 Å². The van der Waals surface area contributed by atoms with E-state index in [0.717, 1.165) is 18.5 Å². The molecular formula is C18H27N3O2. The Labute approximate surface area is 138 Å². The molecule has 5 heteroatoms. The molecule has 23 heavy (non-hydrogen) atoms. The lowest BCUT2D eigenvalue weighted by molar-refractivity contribution is -0.127. The first-order valence-electron chi connectivity index (χ1n) is 8.23. The highest BCUT2D eigenvalue weighted by Gasteiger charge is 2.47. The number of carbonyl (C=O) groups is 2. The molecule has 1 aromatic rings. The van der Waals surface area contributed by atoms with E-state index in [-0.39, 0.29) is 23.7 Å². The van der Waals surface area contributed by atoms with Crippen molar-refractivity contribution in [2.45, 2.75) is 26.3 Å². The maximum Gasteiger partial charge on any atom is 0.224 e. The van der Waals surface area contributed by atoms with Gasteiger partial charge in [0, 0.05) is 13.1 Å². The quantitative estimate of drug-likeness (QED) is 0.711. The molecule has 1 aliphatic carbocycles. The molecule has 0 heterocycles. The van der Waals surface area contributed by atoms with Crippen LogP contribution in [0.5, 0.6) is 0 Å². The summed E-state index contributed by atoms with van der Waals surface area (Å²) in [7, 11) is 4.02. The predicted molar refractivity (Wildman–Crippen MR) is 90.8 cm³/mol. The Morgan fingerprint density at radius 1 is 1.17 bits per heavy atom. The van der Waals surface area contributed by atoms with Gasteiger partial charge in [0.25, 0.3) is 0 Å². The van der Waals surface area contributed by atoms with Crippen molar-refractivity contribution in [1.82, 2.24) is 15.5 Å². The van der Waals surface area contributed by atoms with E-state index in [1.54, 1.807) is 0 Å². The van der Waals surface area contributed by atoms with Gasteiger partial charge in [0.05, 0.1) is 11.8 Å². The molecular weight excluding hydrogens is 290 g/mol. The second-order valence-electron chi connectivity index (χ2n) is 6.60. The van der Waals surface area contributed by atoms with Crippen LogP contribution < -0.4 is 10.6 Å². The third kappa shape index (κ3) is 5.67. The molecule has 0 spiro atoms. The number of amides is 2. The normalized spacial score (nSPS) is 19.5. The molecule has 126 valence electrons. The molecule has 0 saturated heterocycles. The number of carbonyl (C=O) groups excluding carboxylic acids is 2. The first kappa shape index (κ1) is 17.5. The average Bonchev–Trinajstić information content (AvgIpc) is 3.29. The second kappa shape index (κ2) is 8.11. The summed E-state index contributed by atoms with van der Waals surface area (Å²) in [5, 5.41) is 5.85. The lowest BCUT2D eigenvalue weighted by atomic mass is 10.1. The summed E-state index contributed by atoms with van der Waals surface area (Å²) in [4.78, 5) is 26.2. The number of rotatable bonds is 8. The van der Waals surface area contributed by atoms with Gasteiger partial charge >= 0.3 is 0 Å². The van der Waals surface area contributed by atoms with Crippen LogP contribution in [0.15, 0.2) is 24.3 Å². The van der Waals surface area contributed by atoms with E-state index in [2.05, 4.69) is 21.6 Å². The number of hydrogen-bond acceptors (Lipinski definition) is 3. The Morgan fingerprint density at radius 2 is 1.87 bits per heavy atom. The molecule has 0 aliphatic heterocycles. The summed E-state index contributed by atoms with van der Waals surface area (Å²) in [5.74, 6) is -0.306. The summed E-state index contributed by atoms with van der Waals surface area (Å²) >= 11 is 0. The summed E-state index contributed by atoms with van der Waals surface area (Å²) in [6, 6.07) is 8.07. The monoisotopic (exact) mass is 317 g/mol. The first-order valence-corrected chi connectivity index (χ1v) is 8.23. The largest absolute Gasteiger partial charge is 0.356 e. The molecule has 5 nitrogen and oxygen atoms in total. The smallest absolute Gasteiger partial charge is 0.224 e. The van der Waals surface area contributed by atoms with E-state index < -0.39 is 0 Å². The SMILES string of the molecule is Cc1cccc(CNC(=O)C2CC2C(=O)NCCCN(C)C)c1. The van der Waals surface area contributed by atoms with Crippen molar-refractivity contribution in [3.05, 3.63) is 35.4 Å². The van der Waals surface area contributed by atoms with Crippen LogP contribution in [-0.2, 0) is 16.1 Å². The van der Waals surface area contributed by atoms with E-state index in [4.69, 9.17) is 0 Å². The Bertz CT molecular complexity index is 557.